The Morgan fingerprint density at radius 2 is 2.00 bits per heavy atom. The molecule has 0 atom stereocenters. The summed E-state index contributed by atoms with van der Waals surface area (Å²) < 4.78 is 0. The summed E-state index contributed by atoms with van der Waals surface area (Å²) in [6.45, 7) is 2.04. The Balaban J connectivity index is 2.54. The van der Waals surface area contributed by atoms with Crippen LogP contribution in [0.4, 0.5) is 0 Å². The summed E-state index contributed by atoms with van der Waals surface area (Å²) in [6.07, 6.45) is 1.89. The zero-order valence-corrected chi connectivity index (χ0v) is 9.81. The summed E-state index contributed by atoms with van der Waals surface area (Å²) in [6, 6.07) is 10.2. The molecule has 0 bridgehead atoms. The molecule has 0 heterocycles. The van der Waals surface area contributed by atoms with Crippen LogP contribution in [0, 0.1) is 0 Å². The molecule has 0 aromatic heterocycles. The molecule has 0 saturated heterocycles. The highest BCUT2D eigenvalue weighted by atomic mass is 32.1. The maximum Gasteiger partial charge on any atom is 0.324 e. The predicted octanol–water partition coefficient (Wildman–Crippen LogP) is 0.138. The van der Waals surface area contributed by atoms with Gasteiger partial charge in [0.25, 0.3) is 0 Å². The van der Waals surface area contributed by atoms with Crippen molar-refractivity contribution in [1.29, 1.82) is 0 Å². The van der Waals surface area contributed by atoms with Crippen LogP contribution >= 0.6 is 12.6 Å². The van der Waals surface area contributed by atoms with Gasteiger partial charge < -0.3 is 0 Å². The van der Waals surface area contributed by atoms with Gasteiger partial charge >= 0.3 is 5.17 Å². The predicted molar refractivity (Wildman–Crippen MR) is 67.2 cm³/mol. The van der Waals surface area contributed by atoms with Gasteiger partial charge in [0.05, 0.1) is 7.05 Å². The summed E-state index contributed by atoms with van der Waals surface area (Å²) in [5, 5.41) is 0.673. The van der Waals surface area contributed by atoms with Gasteiger partial charge in [0.15, 0.2) is 0 Å². The highest BCUT2D eigenvalue weighted by Crippen LogP contribution is 2.10. The minimum absolute atomic E-state index is 0.673. The Hall–Kier alpha value is -1.42. The fourth-order valence-electron chi connectivity index (χ4n) is 1.06. The van der Waals surface area contributed by atoms with Gasteiger partial charge in [-0.1, -0.05) is 43.0 Å². The van der Waals surface area contributed by atoms with Gasteiger partial charge in [-0.25, -0.2) is 5.43 Å². The molecule has 0 aliphatic carbocycles. The van der Waals surface area contributed by atoms with Gasteiger partial charge in [-0.15, -0.1) is 0 Å². The third kappa shape index (κ3) is 4.08. The number of nitrogens with one attached hydrogen (secondary N) is 3. The molecule has 15 heavy (non-hydrogen) atoms. The Morgan fingerprint density at radius 1 is 1.33 bits per heavy atom. The van der Waals surface area contributed by atoms with E-state index in [1.165, 1.54) is 5.56 Å². The molecule has 0 aliphatic heterocycles. The molecule has 3 N–H and O–H groups in total. The van der Waals surface area contributed by atoms with Crippen molar-refractivity contribution in [3.8, 4) is 0 Å². The van der Waals surface area contributed by atoms with Gasteiger partial charge in [-0.2, -0.15) is 5.43 Å². The number of allylic oxidation sites excluding steroid dienone is 1. The van der Waals surface area contributed by atoms with E-state index in [0.29, 0.717) is 5.17 Å². The topological polar surface area (TPSA) is 38.0 Å². The molecular formula is C11H16N3S+. The molecule has 0 amide bonds. The fourth-order valence-corrected chi connectivity index (χ4v) is 1.12. The summed E-state index contributed by atoms with van der Waals surface area (Å²) in [5.41, 5.74) is 8.17. The first-order valence-electron chi connectivity index (χ1n) is 4.71. The largest absolute Gasteiger partial charge is 0.324 e. The smallest absolute Gasteiger partial charge is 0.270 e. The maximum atomic E-state index is 4.12. The van der Waals surface area contributed by atoms with Crippen molar-refractivity contribution in [2.45, 2.75) is 6.92 Å². The zero-order chi connectivity index (χ0) is 11.1. The Morgan fingerprint density at radius 3 is 2.60 bits per heavy atom. The highest BCUT2D eigenvalue weighted by Gasteiger charge is 1.95. The number of amidine groups is 1. The van der Waals surface area contributed by atoms with Gasteiger partial charge in [0, 0.05) is 6.20 Å². The molecule has 0 unspecified atom stereocenters. The van der Waals surface area contributed by atoms with E-state index in [2.05, 4.69) is 40.6 Å². The van der Waals surface area contributed by atoms with E-state index >= 15 is 0 Å². The minimum atomic E-state index is 0.673. The molecule has 0 fully saturated rings. The molecular weight excluding hydrogens is 206 g/mol. The zero-order valence-electron chi connectivity index (χ0n) is 8.91. The second-order valence-electron chi connectivity index (χ2n) is 3.06. The number of hydrogen-bond acceptors (Lipinski definition) is 1. The van der Waals surface area contributed by atoms with Gasteiger partial charge in [-0.05, 0) is 18.1 Å². The summed E-state index contributed by atoms with van der Waals surface area (Å²) in [4.78, 5) is 2.86. The Labute approximate surface area is 95.7 Å². The first kappa shape index (κ1) is 11.7. The number of benzene rings is 1. The molecule has 0 spiro atoms. The summed E-state index contributed by atoms with van der Waals surface area (Å²) in [5.74, 6) is 0. The monoisotopic (exact) mass is 222 g/mol. The van der Waals surface area contributed by atoms with Crippen LogP contribution in [0.2, 0.25) is 0 Å². The summed E-state index contributed by atoms with van der Waals surface area (Å²) >= 11 is 4.12. The van der Waals surface area contributed by atoms with Crippen LogP contribution < -0.4 is 15.8 Å². The molecule has 0 saturated carbocycles. The average Bonchev–Trinajstić information content (AvgIpc) is 2.29. The van der Waals surface area contributed by atoms with E-state index in [4.69, 9.17) is 0 Å². The lowest BCUT2D eigenvalue weighted by Crippen LogP contribution is -2.71. The van der Waals surface area contributed by atoms with Crippen molar-refractivity contribution in [2.75, 3.05) is 7.05 Å². The normalized spacial score (nSPS) is 12.5. The molecule has 1 rings (SSSR count). The van der Waals surface area contributed by atoms with Crippen LogP contribution in [0.3, 0.4) is 0 Å². The third-order valence-corrected chi connectivity index (χ3v) is 2.28. The van der Waals surface area contributed by atoms with Crippen LogP contribution in [0.5, 0.6) is 0 Å². The highest BCUT2D eigenvalue weighted by molar-refractivity contribution is 7.96. The Kier molecular flexibility index (Phi) is 4.77. The third-order valence-electron chi connectivity index (χ3n) is 1.95. The van der Waals surface area contributed by atoms with Gasteiger partial charge in [0.1, 0.15) is 0 Å². The van der Waals surface area contributed by atoms with Crippen molar-refractivity contribution >= 4 is 23.4 Å². The fraction of sp³-hybridized carbons (Fsp3) is 0.182. The second kappa shape index (κ2) is 6.14. The van der Waals surface area contributed by atoms with Gasteiger partial charge in [0.2, 0.25) is 0 Å². The lowest BCUT2D eigenvalue weighted by molar-refractivity contribution is -0.418. The molecule has 4 heteroatoms. The van der Waals surface area contributed by atoms with Crippen molar-refractivity contribution < 1.29 is 4.99 Å². The van der Waals surface area contributed by atoms with E-state index in [1.807, 2.05) is 31.3 Å². The van der Waals surface area contributed by atoms with Crippen LogP contribution in [-0.2, 0) is 0 Å². The van der Waals surface area contributed by atoms with E-state index in [0.717, 1.165) is 5.57 Å². The second-order valence-corrected chi connectivity index (χ2v) is 3.51. The van der Waals surface area contributed by atoms with E-state index in [9.17, 15) is 0 Å². The number of thiol groups is 1. The van der Waals surface area contributed by atoms with E-state index in [-0.39, 0.29) is 0 Å². The first-order chi connectivity index (χ1) is 7.24. The summed E-state index contributed by atoms with van der Waals surface area (Å²) in [7, 11) is 1.80. The van der Waals surface area contributed by atoms with Crippen LogP contribution in [0.1, 0.15) is 12.5 Å². The number of hydrazine groups is 1. The maximum absolute atomic E-state index is 4.12. The standard InChI is InChI=1S/C11H15N3S/c1-9(8-13-14-11(15)12-2)10-6-4-3-5-7-10/h3-8,13H,1-2H3,(H2,12,14,15)/p+1. The van der Waals surface area contributed by atoms with Crippen molar-refractivity contribution in [3.05, 3.63) is 42.1 Å². The van der Waals surface area contributed by atoms with Crippen LogP contribution in [0.25, 0.3) is 5.57 Å². The van der Waals surface area contributed by atoms with E-state index < -0.39 is 0 Å². The number of hydrogen-bond donors (Lipinski definition) is 4. The first-order valence-corrected chi connectivity index (χ1v) is 5.16. The van der Waals surface area contributed by atoms with Crippen molar-refractivity contribution in [1.82, 2.24) is 10.9 Å². The van der Waals surface area contributed by atoms with Crippen LogP contribution in [0.15, 0.2) is 36.5 Å². The van der Waals surface area contributed by atoms with Crippen molar-refractivity contribution in [2.24, 2.45) is 0 Å². The van der Waals surface area contributed by atoms with E-state index in [1.54, 1.807) is 7.05 Å². The average molecular weight is 222 g/mol. The van der Waals surface area contributed by atoms with Gasteiger partial charge in [-0.3, -0.25) is 4.99 Å². The quantitative estimate of drug-likeness (QED) is 0.254. The lowest BCUT2D eigenvalue weighted by atomic mass is 10.1. The SMILES string of the molecule is C[NH+]=C(S)NNC=C(C)c1ccccc1. The molecule has 0 radical (unpaired) electrons. The minimum Gasteiger partial charge on any atom is -0.270 e. The number of rotatable bonds is 3. The molecule has 1 aromatic rings. The molecule has 1 aromatic carbocycles. The van der Waals surface area contributed by atoms with Crippen molar-refractivity contribution in [3.63, 3.8) is 0 Å². The molecule has 3 nitrogen and oxygen atoms in total. The Bertz CT molecular complexity index is 357. The molecule has 80 valence electrons. The lowest BCUT2D eigenvalue weighted by Gasteiger charge is -2.01. The van der Waals surface area contributed by atoms with Crippen LogP contribution in [-0.4, -0.2) is 12.2 Å². The molecule has 0 aliphatic rings.